The number of hydrogen-bond donors (Lipinski definition) is 0. The highest BCUT2D eigenvalue weighted by Crippen LogP contribution is 2.32. The zero-order chi connectivity index (χ0) is 23.6. The van der Waals surface area contributed by atoms with E-state index in [1.54, 1.807) is 11.0 Å². The van der Waals surface area contributed by atoms with Crippen LogP contribution >= 0.6 is 0 Å². The molecule has 0 bridgehead atoms. The van der Waals surface area contributed by atoms with E-state index in [2.05, 4.69) is 4.98 Å². The fourth-order valence-corrected chi connectivity index (χ4v) is 3.70. The van der Waals surface area contributed by atoms with Crippen LogP contribution in [0, 0.1) is 11.6 Å². The molecule has 2 aromatic carbocycles. The maximum atomic E-state index is 13.9. The van der Waals surface area contributed by atoms with E-state index in [0.29, 0.717) is 31.9 Å². The molecule has 0 N–H and O–H groups in total. The average molecular weight is 465 g/mol. The maximum Gasteiger partial charge on any atom is 0.416 e. The number of benzene rings is 2. The van der Waals surface area contributed by atoms with Gasteiger partial charge in [-0.05, 0) is 30.3 Å². The summed E-state index contributed by atoms with van der Waals surface area (Å²) < 4.78 is 71.3. The second kappa shape index (κ2) is 9.21. The Morgan fingerprint density at radius 3 is 2.48 bits per heavy atom. The van der Waals surface area contributed by atoms with Crippen LogP contribution in [-0.4, -0.2) is 42.0 Å². The summed E-state index contributed by atoms with van der Waals surface area (Å²) in [5.41, 5.74) is -0.159. The van der Waals surface area contributed by atoms with Gasteiger partial charge in [0.15, 0.2) is 11.7 Å². The predicted molar refractivity (Wildman–Crippen MR) is 110 cm³/mol. The molecule has 1 aliphatic heterocycles. The van der Waals surface area contributed by atoms with E-state index in [4.69, 9.17) is 4.42 Å². The second-order valence-electron chi connectivity index (χ2n) is 7.66. The van der Waals surface area contributed by atoms with Gasteiger partial charge in [-0.25, -0.2) is 13.8 Å². The van der Waals surface area contributed by atoms with Crippen LogP contribution in [0.2, 0.25) is 0 Å². The fraction of sp³-hybridized carbons (Fsp3) is 0.304. The molecule has 3 aromatic rings. The Morgan fingerprint density at radius 1 is 1.03 bits per heavy atom. The quantitative estimate of drug-likeness (QED) is 0.502. The summed E-state index contributed by atoms with van der Waals surface area (Å²) in [4.78, 5) is 20.1. The van der Waals surface area contributed by atoms with Crippen LogP contribution in [0.1, 0.15) is 17.9 Å². The number of carbonyl (C=O) groups is 1. The first-order valence-electron chi connectivity index (χ1n) is 10.3. The molecule has 0 spiro atoms. The summed E-state index contributed by atoms with van der Waals surface area (Å²) in [6.45, 7) is 1.60. The smallest absolute Gasteiger partial charge is 0.416 e. The molecule has 33 heavy (non-hydrogen) atoms. The fourth-order valence-electron chi connectivity index (χ4n) is 3.70. The van der Waals surface area contributed by atoms with Crippen LogP contribution in [0.5, 0.6) is 0 Å². The summed E-state index contributed by atoms with van der Waals surface area (Å²) in [6, 6.07) is 8.26. The lowest BCUT2D eigenvalue weighted by Crippen LogP contribution is -2.48. The Balaban J connectivity index is 1.30. The van der Waals surface area contributed by atoms with E-state index >= 15 is 0 Å². The van der Waals surface area contributed by atoms with Crippen molar-refractivity contribution < 1.29 is 31.2 Å². The van der Waals surface area contributed by atoms with Gasteiger partial charge in [0.1, 0.15) is 11.6 Å². The summed E-state index contributed by atoms with van der Waals surface area (Å²) in [7, 11) is 0. The molecular weight excluding hydrogens is 445 g/mol. The Morgan fingerprint density at radius 2 is 1.79 bits per heavy atom. The van der Waals surface area contributed by atoms with Gasteiger partial charge in [0.25, 0.3) is 0 Å². The number of alkyl halides is 3. The van der Waals surface area contributed by atoms with Crippen molar-refractivity contribution in [3.8, 4) is 11.3 Å². The molecule has 10 heteroatoms. The van der Waals surface area contributed by atoms with E-state index in [-0.39, 0.29) is 36.0 Å². The highest BCUT2D eigenvalue weighted by Gasteiger charge is 2.31. The van der Waals surface area contributed by atoms with Gasteiger partial charge in [-0.3, -0.25) is 4.79 Å². The summed E-state index contributed by atoms with van der Waals surface area (Å²) in [6.07, 6.45) is -2.76. The standard InChI is InChI=1S/C23H20F5N3O2/c24-16-4-5-18(19(25)13-16)20-14-29-21(33-20)6-7-22(32)31-10-8-30(9-11-31)17-3-1-2-15(12-17)23(26,27)28/h1-5,12-14H,6-11H2. The number of aryl methyl sites for hydroxylation is 1. The summed E-state index contributed by atoms with van der Waals surface area (Å²) >= 11 is 0. The summed E-state index contributed by atoms with van der Waals surface area (Å²) in [5, 5.41) is 0. The Bertz CT molecular complexity index is 1140. The van der Waals surface area contributed by atoms with E-state index in [1.165, 1.54) is 18.3 Å². The molecule has 1 aliphatic rings. The van der Waals surface area contributed by atoms with Gasteiger partial charge in [0, 0.05) is 50.8 Å². The van der Waals surface area contributed by atoms with Gasteiger partial charge < -0.3 is 14.2 Å². The van der Waals surface area contributed by atoms with Crippen molar-refractivity contribution in [3.05, 3.63) is 71.8 Å². The minimum atomic E-state index is -4.41. The number of halogens is 5. The van der Waals surface area contributed by atoms with Gasteiger partial charge in [0.05, 0.1) is 17.3 Å². The molecule has 2 heterocycles. The topological polar surface area (TPSA) is 49.6 Å². The Labute approximate surface area is 186 Å². The van der Waals surface area contributed by atoms with Gasteiger partial charge in [-0.15, -0.1) is 0 Å². The summed E-state index contributed by atoms with van der Waals surface area (Å²) in [5.74, 6) is -1.21. The van der Waals surface area contributed by atoms with Crippen molar-refractivity contribution in [1.29, 1.82) is 0 Å². The van der Waals surface area contributed by atoms with Gasteiger partial charge in [0.2, 0.25) is 5.91 Å². The lowest BCUT2D eigenvalue weighted by Gasteiger charge is -2.36. The molecule has 1 amide bonds. The molecular formula is C23H20F5N3O2. The first kappa shape index (κ1) is 22.8. The van der Waals surface area contributed by atoms with Gasteiger partial charge in [-0.2, -0.15) is 13.2 Å². The molecule has 0 aliphatic carbocycles. The number of hydrogen-bond acceptors (Lipinski definition) is 4. The predicted octanol–water partition coefficient (Wildman–Crippen LogP) is 4.92. The maximum absolute atomic E-state index is 13.9. The van der Waals surface area contributed by atoms with E-state index < -0.39 is 23.4 Å². The molecule has 0 unspecified atom stereocenters. The molecule has 0 saturated carbocycles. The largest absolute Gasteiger partial charge is 0.441 e. The zero-order valence-corrected chi connectivity index (χ0v) is 17.4. The second-order valence-corrected chi connectivity index (χ2v) is 7.66. The van der Waals surface area contributed by atoms with Gasteiger partial charge in [-0.1, -0.05) is 6.07 Å². The first-order valence-corrected chi connectivity index (χ1v) is 10.3. The number of piperazine rings is 1. The highest BCUT2D eigenvalue weighted by atomic mass is 19.4. The number of amides is 1. The molecule has 4 rings (SSSR count). The third-order valence-corrected chi connectivity index (χ3v) is 5.47. The highest BCUT2D eigenvalue weighted by molar-refractivity contribution is 5.76. The number of aromatic nitrogens is 1. The van der Waals surface area contributed by atoms with Crippen LogP contribution < -0.4 is 4.90 Å². The van der Waals surface area contributed by atoms with Gasteiger partial charge >= 0.3 is 6.18 Å². The monoisotopic (exact) mass is 465 g/mol. The SMILES string of the molecule is O=C(CCc1ncc(-c2ccc(F)cc2F)o1)N1CCN(c2cccc(C(F)(F)F)c2)CC1. The number of carbonyl (C=O) groups excluding carboxylic acids is 1. The molecule has 1 saturated heterocycles. The van der Waals surface area contributed by atoms with Crippen LogP contribution in [-0.2, 0) is 17.4 Å². The van der Waals surface area contributed by atoms with E-state index in [1.807, 2.05) is 4.90 Å². The Kier molecular flexibility index (Phi) is 6.35. The normalized spacial score (nSPS) is 14.6. The average Bonchev–Trinajstić information content (AvgIpc) is 3.26. The van der Waals surface area contributed by atoms with Crippen molar-refractivity contribution in [2.24, 2.45) is 0 Å². The minimum Gasteiger partial charge on any atom is -0.441 e. The van der Waals surface area contributed by atoms with Crippen LogP contribution in [0.4, 0.5) is 27.6 Å². The number of oxazole rings is 1. The molecule has 174 valence electrons. The van der Waals surface area contributed by atoms with Crippen molar-refractivity contribution in [3.63, 3.8) is 0 Å². The van der Waals surface area contributed by atoms with E-state index in [0.717, 1.165) is 24.3 Å². The van der Waals surface area contributed by atoms with Crippen molar-refractivity contribution in [1.82, 2.24) is 9.88 Å². The lowest BCUT2D eigenvalue weighted by atomic mass is 10.1. The molecule has 0 radical (unpaired) electrons. The van der Waals surface area contributed by atoms with E-state index in [9.17, 15) is 26.7 Å². The number of rotatable bonds is 5. The minimum absolute atomic E-state index is 0.0761. The van der Waals surface area contributed by atoms with Crippen molar-refractivity contribution in [2.45, 2.75) is 19.0 Å². The van der Waals surface area contributed by atoms with Crippen LogP contribution in [0.25, 0.3) is 11.3 Å². The molecule has 1 aromatic heterocycles. The molecule has 1 fully saturated rings. The molecule has 0 atom stereocenters. The van der Waals surface area contributed by atoms with Crippen LogP contribution in [0.3, 0.4) is 0 Å². The molecule has 5 nitrogen and oxygen atoms in total. The van der Waals surface area contributed by atoms with Crippen LogP contribution in [0.15, 0.2) is 53.1 Å². The third-order valence-electron chi connectivity index (χ3n) is 5.47. The zero-order valence-electron chi connectivity index (χ0n) is 17.4. The Hall–Kier alpha value is -3.43. The van der Waals surface area contributed by atoms with Crippen molar-refractivity contribution >= 4 is 11.6 Å². The third kappa shape index (κ3) is 5.32. The van der Waals surface area contributed by atoms with Crippen molar-refractivity contribution in [2.75, 3.05) is 31.1 Å². The first-order chi connectivity index (χ1) is 15.7. The number of anilines is 1. The number of nitrogens with zero attached hydrogens (tertiary/aromatic N) is 3. The lowest BCUT2D eigenvalue weighted by molar-refractivity contribution is -0.137.